The standard InChI is InChI=1S/C14H10O2/c15-11-5-3-7-14-13(8-11)12-6-2-1-4-10(12)9-16-14/h1-7,9H,8H2. The van der Waals surface area contributed by atoms with Gasteiger partial charge in [-0.1, -0.05) is 30.3 Å². The van der Waals surface area contributed by atoms with E-state index < -0.39 is 0 Å². The third-order valence-electron chi connectivity index (χ3n) is 2.78. The van der Waals surface area contributed by atoms with Gasteiger partial charge in [0.05, 0.1) is 6.26 Å². The topological polar surface area (TPSA) is 26.3 Å². The Morgan fingerprint density at radius 3 is 3.00 bits per heavy atom. The number of fused-ring (bicyclic) bond motifs is 2. The average Bonchev–Trinajstić information content (AvgIpc) is 2.50. The van der Waals surface area contributed by atoms with Crippen molar-refractivity contribution < 1.29 is 9.53 Å². The molecule has 0 saturated carbocycles. The molecule has 0 N–H and O–H groups in total. The van der Waals surface area contributed by atoms with Crippen LogP contribution in [0.25, 0.3) is 11.8 Å². The molecule has 0 saturated heterocycles. The lowest BCUT2D eigenvalue weighted by atomic mass is 10.0. The third-order valence-corrected chi connectivity index (χ3v) is 2.78. The van der Waals surface area contributed by atoms with Crippen molar-refractivity contribution in [1.29, 1.82) is 0 Å². The Morgan fingerprint density at radius 1 is 1.19 bits per heavy atom. The van der Waals surface area contributed by atoms with E-state index >= 15 is 0 Å². The molecular formula is C14H10O2. The van der Waals surface area contributed by atoms with Crippen LogP contribution in [0.5, 0.6) is 0 Å². The van der Waals surface area contributed by atoms with Crippen molar-refractivity contribution in [2.24, 2.45) is 0 Å². The number of carbonyl (C=O) groups is 1. The first-order valence-electron chi connectivity index (χ1n) is 5.21. The van der Waals surface area contributed by atoms with Gasteiger partial charge in [0.25, 0.3) is 0 Å². The quantitative estimate of drug-likeness (QED) is 0.639. The van der Waals surface area contributed by atoms with Gasteiger partial charge in [-0.15, -0.1) is 0 Å². The molecule has 0 amide bonds. The zero-order chi connectivity index (χ0) is 11.0. The Hall–Kier alpha value is -2.09. The molecule has 1 heterocycles. The van der Waals surface area contributed by atoms with Gasteiger partial charge >= 0.3 is 0 Å². The second-order valence-electron chi connectivity index (χ2n) is 3.83. The Balaban J connectivity index is 2.34. The Morgan fingerprint density at radius 2 is 2.06 bits per heavy atom. The summed E-state index contributed by atoms with van der Waals surface area (Å²) < 4.78 is 5.53. The number of carbonyl (C=O) groups excluding carboxylic acids is 1. The molecule has 0 fully saturated rings. The van der Waals surface area contributed by atoms with Gasteiger partial charge in [-0.2, -0.15) is 0 Å². The van der Waals surface area contributed by atoms with Crippen molar-refractivity contribution in [2.75, 3.05) is 0 Å². The van der Waals surface area contributed by atoms with Crippen LogP contribution in [0.2, 0.25) is 0 Å². The first-order valence-corrected chi connectivity index (χ1v) is 5.21. The van der Waals surface area contributed by atoms with Crippen LogP contribution in [0.1, 0.15) is 6.42 Å². The average molecular weight is 210 g/mol. The van der Waals surface area contributed by atoms with Gasteiger partial charge in [0, 0.05) is 17.2 Å². The number of hydrogen-bond donors (Lipinski definition) is 0. The van der Waals surface area contributed by atoms with Crippen LogP contribution in [0.3, 0.4) is 0 Å². The highest BCUT2D eigenvalue weighted by Gasteiger charge is 2.16. The molecule has 0 unspecified atom stereocenters. The van der Waals surface area contributed by atoms with Gasteiger partial charge in [-0.05, 0) is 17.4 Å². The SMILES string of the molecule is O=C1C=CC=C2OC=c3ccccc3=C2C1. The van der Waals surface area contributed by atoms with E-state index in [1.807, 2.05) is 30.3 Å². The monoisotopic (exact) mass is 210 g/mol. The van der Waals surface area contributed by atoms with Crippen molar-refractivity contribution in [2.45, 2.75) is 6.42 Å². The molecule has 2 nitrogen and oxygen atoms in total. The molecule has 78 valence electrons. The Kier molecular flexibility index (Phi) is 2.00. The Bertz CT molecular complexity index is 633. The molecule has 1 aromatic carbocycles. The molecule has 0 bridgehead atoms. The molecule has 0 spiro atoms. The predicted molar refractivity (Wildman–Crippen MR) is 61.5 cm³/mol. The maximum absolute atomic E-state index is 11.5. The van der Waals surface area contributed by atoms with Crippen LogP contribution in [-0.2, 0) is 9.53 Å². The van der Waals surface area contributed by atoms with Crippen LogP contribution >= 0.6 is 0 Å². The fraction of sp³-hybridized carbons (Fsp3) is 0.0714. The minimum Gasteiger partial charge on any atom is -0.464 e. The summed E-state index contributed by atoms with van der Waals surface area (Å²) in [5.41, 5.74) is 0.980. The first kappa shape index (κ1) is 9.16. The lowest BCUT2D eigenvalue weighted by molar-refractivity contribution is -0.113. The summed E-state index contributed by atoms with van der Waals surface area (Å²) in [4.78, 5) is 11.5. The molecule has 0 atom stereocenters. The van der Waals surface area contributed by atoms with Crippen LogP contribution in [0.4, 0.5) is 0 Å². The van der Waals surface area contributed by atoms with E-state index in [0.717, 1.165) is 21.8 Å². The number of hydrogen-bond acceptors (Lipinski definition) is 2. The van der Waals surface area contributed by atoms with Crippen molar-refractivity contribution >= 4 is 17.6 Å². The summed E-state index contributed by atoms with van der Waals surface area (Å²) >= 11 is 0. The highest BCUT2D eigenvalue weighted by Crippen LogP contribution is 2.20. The van der Waals surface area contributed by atoms with Crippen LogP contribution in [0, 0.1) is 0 Å². The number of ketones is 1. The fourth-order valence-electron chi connectivity index (χ4n) is 2.00. The summed E-state index contributed by atoms with van der Waals surface area (Å²) in [6, 6.07) is 7.95. The van der Waals surface area contributed by atoms with E-state index in [-0.39, 0.29) is 5.78 Å². The largest absolute Gasteiger partial charge is 0.464 e. The summed E-state index contributed by atoms with van der Waals surface area (Å²) in [6.07, 6.45) is 7.31. The highest BCUT2D eigenvalue weighted by atomic mass is 16.5. The number of ether oxygens (including phenoxy) is 1. The highest BCUT2D eigenvalue weighted by molar-refractivity contribution is 5.98. The second-order valence-corrected chi connectivity index (χ2v) is 3.83. The van der Waals surface area contributed by atoms with Gasteiger partial charge in [0.1, 0.15) is 5.76 Å². The zero-order valence-corrected chi connectivity index (χ0v) is 8.64. The summed E-state index contributed by atoms with van der Waals surface area (Å²) in [7, 11) is 0. The van der Waals surface area contributed by atoms with Crippen molar-refractivity contribution in [1.82, 2.24) is 0 Å². The molecule has 0 radical (unpaired) electrons. The molecular weight excluding hydrogens is 200 g/mol. The lowest BCUT2D eigenvalue weighted by Gasteiger charge is -2.13. The van der Waals surface area contributed by atoms with Gasteiger partial charge in [0.15, 0.2) is 5.78 Å². The normalized spacial score (nSPS) is 17.6. The molecule has 16 heavy (non-hydrogen) atoms. The predicted octanol–water partition coefficient (Wildman–Crippen LogP) is 1.02. The maximum atomic E-state index is 11.5. The van der Waals surface area contributed by atoms with E-state index in [4.69, 9.17) is 4.74 Å². The minimum absolute atomic E-state index is 0.113. The van der Waals surface area contributed by atoms with E-state index in [1.54, 1.807) is 18.4 Å². The number of allylic oxidation sites excluding steroid dienone is 4. The third kappa shape index (κ3) is 1.39. The molecule has 2 aliphatic rings. The van der Waals surface area contributed by atoms with Crippen LogP contribution in [0.15, 0.2) is 48.3 Å². The first-order chi connectivity index (χ1) is 7.84. The summed E-state index contributed by atoms with van der Waals surface area (Å²) in [5.74, 6) is 0.891. The van der Waals surface area contributed by atoms with Gasteiger partial charge < -0.3 is 4.74 Å². The van der Waals surface area contributed by atoms with Gasteiger partial charge in [-0.25, -0.2) is 0 Å². The fourth-order valence-corrected chi connectivity index (χ4v) is 2.00. The van der Waals surface area contributed by atoms with Gasteiger partial charge in [0.2, 0.25) is 0 Å². The minimum atomic E-state index is 0.113. The lowest BCUT2D eigenvalue weighted by Crippen LogP contribution is -2.31. The van der Waals surface area contributed by atoms with Crippen molar-refractivity contribution in [3.63, 3.8) is 0 Å². The summed E-state index contributed by atoms with van der Waals surface area (Å²) in [6.45, 7) is 0. The van der Waals surface area contributed by atoms with Crippen molar-refractivity contribution in [3.05, 3.63) is 58.7 Å². The van der Waals surface area contributed by atoms with Crippen LogP contribution < -0.4 is 10.4 Å². The molecule has 0 aromatic heterocycles. The molecule has 1 aromatic rings. The van der Waals surface area contributed by atoms with E-state index in [1.165, 1.54) is 0 Å². The second kappa shape index (κ2) is 3.49. The smallest absolute Gasteiger partial charge is 0.160 e. The number of benzene rings is 1. The van der Waals surface area contributed by atoms with Crippen LogP contribution in [-0.4, -0.2) is 5.78 Å². The molecule has 1 aliphatic carbocycles. The molecule has 1 aliphatic heterocycles. The van der Waals surface area contributed by atoms with Gasteiger partial charge in [-0.3, -0.25) is 4.79 Å². The Labute approximate surface area is 92.9 Å². The maximum Gasteiger partial charge on any atom is 0.160 e. The summed E-state index contributed by atoms with van der Waals surface area (Å²) in [5, 5.41) is 2.13. The van der Waals surface area contributed by atoms with E-state index in [9.17, 15) is 4.79 Å². The van der Waals surface area contributed by atoms with Crippen molar-refractivity contribution in [3.8, 4) is 0 Å². The number of rotatable bonds is 0. The van der Waals surface area contributed by atoms with E-state index in [0.29, 0.717) is 6.42 Å². The molecule has 3 rings (SSSR count). The molecule has 2 heteroatoms. The van der Waals surface area contributed by atoms with E-state index in [2.05, 4.69) is 0 Å². The zero-order valence-electron chi connectivity index (χ0n) is 8.64.